The molecule has 1 nitrogen and oxygen atoms in total. The smallest absolute Gasteiger partial charge is 0.0463 e. The first kappa shape index (κ1) is 14.2. The summed E-state index contributed by atoms with van der Waals surface area (Å²) in [7, 11) is 0. The second kappa shape index (κ2) is 6.77. The highest BCUT2D eigenvalue weighted by Gasteiger charge is 2.02. The second-order valence-corrected chi connectivity index (χ2v) is 5.33. The molecule has 0 spiro atoms. The van der Waals surface area contributed by atoms with E-state index in [0.29, 0.717) is 0 Å². The molecule has 1 N–H and O–H groups in total. The van der Waals surface area contributed by atoms with Gasteiger partial charge in [0.1, 0.15) is 0 Å². The highest BCUT2D eigenvalue weighted by Crippen LogP contribution is 2.21. The Labute approximate surface area is 132 Å². The molecule has 22 heavy (non-hydrogen) atoms. The van der Waals surface area contributed by atoms with E-state index in [0.717, 1.165) is 11.4 Å². The van der Waals surface area contributed by atoms with Crippen LogP contribution in [-0.4, -0.2) is 0 Å². The molecule has 3 aromatic carbocycles. The number of benzene rings is 3. The van der Waals surface area contributed by atoms with Crippen molar-refractivity contribution in [2.24, 2.45) is 0 Å². The first-order valence-corrected chi connectivity index (χ1v) is 7.47. The molecule has 0 aliphatic heterocycles. The monoisotopic (exact) mass is 285 g/mol. The van der Waals surface area contributed by atoms with Crippen LogP contribution in [0.1, 0.15) is 16.7 Å². The quantitative estimate of drug-likeness (QED) is 0.615. The number of aryl methyl sites for hydroxylation is 1. The van der Waals surface area contributed by atoms with Gasteiger partial charge >= 0.3 is 0 Å². The average Bonchev–Trinajstić information content (AvgIpc) is 2.56. The van der Waals surface area contributed by atoms with Crippen molar-refractivity contribution in [1.82, 2.24) is 0 Å². The summed E-state index contributed by atoms with van der Waals surface area (Å²) in [6.45, 7) is 2.11. The molecular weight excluding hydrogens is 266 g/mol. The predicted octanol–water partition coefficient (Wildman–Crippen LogP) is 5.61. The number of hydrogen-bond acceptors (Lipinski definition) is 1. The van der Waals surface area contributed by atoms with Crippen LogP contribution in [0.15, 0.2) is 84.9 Å². The Balaban J connectivity index is 1.98. The third-order valence-electron chi connectivity index (χ3n) is 3.49. The summed E-state index contributed by atoms with van der Waals surface area (Å²) in [5, 5.41) is 3.55. The van der Waals surface area contributed by atoms with Gasteiger partial charge in [-0.25, -0.2) is 0 Å². The van der Waals surface area contributed by atoms with Crippen molar-refractivity contribution in [2.75, 3.05) is 5.32 Å². The van der Waals surface area contributed by atoms with Gasteiger partial charge in [0.15, 0.2) is 0 Å². The largest absolute Gasteiger partial charge is 0.355 e. The number of anilines is 1. The maximum Gasteiger partial charge on any atom is 0.0463 e. The molecular formula is C21H19N. The standard InChI is InChI=1S/C21H19N/c1-17-9-8-14-20(15-17)22-21(19-12-6-3-7-13-19)16-18-10-4-2-5-11-18/h2-16,22H,1H3. The maximum atomic E-state index is 3.55. The van der Waals surface area contributed by atoms with Crippen molar-refractivity contribution in [1.29, 1.82) is 0 Å². The van der Waals surface area contributed by atoms with Crippen molar-refractivity contribution >= 4 is 17.5 Å². The second-order valence-electron chi connectivity index (χ2n) is 5.33. The van der Waals surface area contributed by atoms with Gasteiger partial charge in [-0.1, -0.05) is 72.8 Å². The van der Waals surface area contributed by atoms with E-state index in [1.54, 1.807) is 0 Å². The summed E-state index contributed by atoms with van der Waals surface area (Å²) >= 11 is 0. The zero-order chi connectivity index (χ0) is 15.2. The van der Waals surface area contributed by atoms with Crippen LogP contribution in [0.2, 0.25) is 0 Å². The Hall–Kier alpha value is -2.80. The van der Waals surface area contributed by atoms with Gasteiger partial charge in [-0.3, -0.25) is 0 Å². The lowest BCUT2D eigenvalue weighted by atomic mass is 10.1. The third kappa shape index (κ3) is 3.64. The summed E-state index contributed by atoms with van der Waals surface area (Å²) in [5.74, 6) is 0. The first-order valence-electron chi connectivity index (χ1n) is 7.47. The Morgan fingerprint density at radius 2 is 1.45 bits per heavy atom. The SMILES string of the molecule is Cc1cccc(NC(=Cc2ccccc2)c2ccccc2)c1. The van der Waals surface area contributed by atoms with Gasteiger partial charge in [-0.15, -0.1) is 0 Å². The van der Waals surface area contributed by atoms with E-state index < -0.39 is 0 Å². The summed E-state index contributed by atoms with van der Waals surface area (Å²) in [4.78, 5) is 0. The van der Waals surface area contributed by atoms with Crippen molar-refractivity contribution < 1.29 is 0 Å². The minimum Gasteiger partial charge on any atom is -0.355 e. The van der Waals surface area contributed by atoms with E-state index in [-0.39, 0.29) is 0 Å². The molecule has 0 aromatic heterocycles. The van der Waals surface area contributed by atoms with Gasteiger partial charge in [0, 0.05) is 11.4 Å². The highest BCUT2D eigenvalue weighted by atomic mass is 14.9. The van der Waals surface area contributed by atoms with Crippen LogP contribution in [0.25, 0.3) is 11.8 Å². The fourth-order valence-corrected chi connectivity index (χ4v) is 2.40. The molecule has 0 heterocycles. The Bertz CT molecular complexity index is 758. The van der Waals surface area contributed by atoms with Crippen LogP contribution >= 0.6 is 0 Å². The predicted molar refractivity (Wildman–Crippen MR) is 95.6 cm³/mol. The van der Waals surface area contributed by atoms with Crippen LogP contribution in [0.5, 0.6) is 0 Å². The molecule has 0 unspecified atom stereocenters. The molecule has 0 bridgehead atoms. The number of hydrogen-bond donors (Lipinski definition) is 1. The molecule has 0 amide bonds. The lowest BCUT2D eigenvalue weighted by molar-refractivity contribution is 1.45. The van der Waals surface area contributed by atoms with E-state index in [1.165, 1.54) is 16.7 Å². The molecule has 1 heteroatoms. The zero-order valence-electron chi connectivity index (χ0n) is 12.7. The minimum absolute atomic E-state index is 1.09. The molecule has 0 fully saturated rings. The van der Waals surface area contributed by atoms with Gasteiger partial charge in [0.2, 0.25) is 0 Å². The fraction of sp³-hybridized carbons (Fsp3) is 0.0476. The maximum absolute atomic E-state index is 3.55. The zero-order valence-corrected chi connectivity index (χ0v) is 12.7. The van der Waals surface area contributed by atoms with E-state index in [1.807, 2.05) is 12.1 Å². The molecule has 108 valence electrons. The first-order chi connectivity index (χ1) is 10.8. The van der Waals surface area contributed by atoms with Gasteiger partial charge in [0.05, 0.1) is 0 Å². The van der Waals surface area contributed by atoms with Crippen molar-refractivity contribution in [3.8, 4) is 0 Å². The number of nitrogens with one attached hydrogen (secondary N) is 1. The molecule has 3 aromatic rings. The van der Waals surface area contributed by atoms with Crippen LogP contribution in [0.3, 0.4) is 0 Å². The molecule has 0 aliphatic carbocycles. The lowest BCUT2D eigenvalue weighted by Gasteiger charge is -2.12. The Morgan fingerprint density at radius 3 is 2.14 bits per heavy atom. The van der Waals surface area contributed by atoms with Gasteiger partial charge in [-0.05, 0) is 41.8 Å². The lowest BCUT2D eigenvalue weighted by Crippen LogP contribution is -1.99. The average molecular weight is 285 g/mol. The normalized spacial score (nSPS) is 11.2. The van der Waals surface area contributed by atoms with Gasteiger partial charge in [-0.2, -0.15) is 0 Å². The summed E-state index contributed by atoms with van der Waals surface area (Å²) in [5.41, 5.74) is 5.80. The number of rotatable bonds is 4. The topological polar surface area (TPSA) is 12.0 Å². The minimum atomic E-state index is 1.09. The summed E-state index contributed by atoms with van der Waals surface area (Å²) < 4.78 is 0. The van der Waals surface area contributed by atoms with Crippen molar-refractivity contribution in [3.05, 3.63) is 102 Å². The Morgan fingerprint density at radius 1 is 0.773 bits per heavy atom. The molecule has 3 rings (SSSR count). The summed E-state index contributed by atoms with van der Waals surface area (Å²) in [6.07, 6.45) is 2.18. The van der Waals surface area contributed by atoms with Crippen LogP contribution in [0, 0.1) is 6.92 Å². The molecule has 0 saturated carbocycles. The Kier molecular flexibility index (Phi) is 4.35. The van der Waals surface area contributed by atoms with Crippen molar-refractivity contribution in [3.63, 3.8) is 0 Å². The molecule has 0 atom stereocenters. The van der Waals surface area contributed by atoms with Crippen LogP contribution in [-0.2, 0) is 0 Å². The fourth-order valence-electron chi connectivity index (χ4n) is 2.40. The van der Waals surface area contributed by atoms with E-state index in [2.05, 4.69) is 91.1 Å². The van der Waals surface area contributed by atoms with Gasteiger partial charge < -0.3 is 5.32 Å². The molecule has 0 aliphatic rings. The molecule has 0 radical (unpaired) electrons. The third-order valence-corrected chi connectivity index (χ3v) is 3.49. The van der Waals surface area contributed by atoms with Crippen LogP contribution < -0.4 is 5.32 Å². The van der Waals surface area contributed by atoms with E-state index in [9.17, 15) is 0 Å². The van der Waals surface area contributed by atoms with Gasteiger partial charge in [0.25, 0.3) is 0 Å². The summed E-state index contributed by atoms with van der Waals surface area (Å²) in [6, 6.07) is 29.2. The van der Waals surface area contributed by atoms with Crippen molar-refractivity contribution in [2.45, 2.75) is 6.92 Å². The molecule has 0 saturated heterocycles. The van der Waals surface area contributed by atoms with E-state index >= 15 is 0 Å². The highest BCUT2D eigenvalue weighted by molar-refractivity contribution is 5.88. The van der Waals surface area contributed by atoms with E-state index in [4.69, 9.17) is 0 Å². The van der Waals surface area contributed by atoms with Crippen LogP contribution in [0.4, 0.5) is 5.69 Å².